The van der Waals surface area contributed by atoms with Crippen molar-refractivity contribution in [2.24, 2.45) is 0 Å². The van der Waals surface area contributed by atoms with E-state index in [1.807, 2.05) is 14.0 Å². The average Bonchev–Trinajstić information content (AvgIpc) is 2.28. The van der Waals surface area contributed by atoms with E-state index in [0.717, 1.165) is 5.56 Å². The maximum atomic E-state index is 11.6. The van der Waals surface area contributed by atoms with Gasteiger partial charge in [0.2, 0.25) is 5.91 Å². The van der Waals surface area contributed by atoms with Crippen molar-refractivity contribution in [3.63, 3.8) is 0 Å². The predicted molar refractivity (Wildman–Crippen MR) is 73.1 cm³/mol. The highest BCUT2D eigenvalue weighted by Gasteiger charge is 2.14. The Bertz CT molecular complexity index is 351. The minimum Gasteiger partial charge on any atom is -0.340 e. The molecule has 0 aliphatic rings. The van der Waals surface area contributed by atoms with E-state index >= 15 is 0 Å². The molecule has 0 bridgehead atoms. The van der Waals surface area contributed by atoms with Gasteiger partial charge >= 0.3 is 0 Å². The molecule has 4 heteroatoms. The van der Waals surface area contributed by atoms with Crippen LogP contribution in [0.1, 0.15) is 12.5 Å². The summed E-state index contributed by atoms with van der Waals surface area (Å²) in [5.74, 6) is 0.106. The molecule has 1 rings (SSSR count). The molecular formula is C12H16BrNOS. The fourth-order valence-corrected chi connectivity index (χ4v) is 2.14. The Morgan fingerprint density at radius 3 is 2.44 bits per heavy atom. The van der Waals surface area contributed by atoms with Gasteiger partial charge in [0.25, 0.3) is 0 Å². The summed E-state index contributed by atoms with van der Waals surface area (Å²) >= 11 is 5.00. The third-order valence-electron chi connectivity index (χ3n) is 2.30. The average molecular weight is 302 g/mol. The van der Waals surface area contributed by atoms with Crippen molar-refractivity contribution in [3.8, 4) is 0 Å². The lowest BCUT2D eigenvalue weighted by molar-refractivity contribution is -0.129. The quantitative estimate of drug-likeness (QED) is 0.629. The number of alkyl halides is 1. The lowest BCUT2D eigenvalue weighted by Gasteiger charge is -2.18. The zero-order chi connectivity index (χ0) is 12.1. The molecule has 0 spiro atoms. The Balaban J connectivity index is 2.62. The zero-order valence-electron chi connectivity index (χ0n) is 9.74. The van der Waals surface area contributed by atoms with Gasteiger partial charge in [-0.15, -0.1) is 11.8 Å². The van der Waals surface area contributed by atoms with Gasteiger partial charge in [-0.05, 0) is 30.9 Å². The predicted octanol–water partition coefficient (Wildman–Crippen LogP) is 3.15. The van der Waals surface area contributed by atoms with Crippen LogP contribution in [0.4, 0.5) is 0 Å². The van der Waals surface area contributed by atoms with Crippen LogP contribution in [-0.4, -0.2) is 28.9 Å². The van der Waals surface area contributed by atoms with Crippen molar-refractivity contribution in [2.75, 3.05) is 13.3 Å². The molecule has 0 aliphatic carbocycles. The molecule has 0 radical (unpaired) electrons. The van der Waals surface area contributed by atoms with Crippen LogP contribution in [0, 0.1) is 0 Å². The van der Waals surface area contributed by atoms with Gasteiger partial charge in [-0.1, -0.05) is 28.1 Å². The SMILES string of the molecule is CSc1ccc(CN(C)C(=O)C(C)Br)cc1. The van der Waals surface area contributed by atoms with E-state index in [-0.39, 0.29) is 10.7 Å². The van der Waals surface area contributed by atoms with Gasteiger partial charge < -0.3 is 4.90 Å². The van der Waals surface area contributed by atoms with E-state index in [9.17, 15) is 4.79 Å². The van der Waals surface area contributed by atoms with Gasteiger partial charge in [-0.25, -0.2) is 0 Å². The zero-order valence-corrected chi connectivity index (χ0v) is 12.1. The molecule has 0 heterocycles. The maximum Gasteiger partial charge on any atom is 0.236 e. The van der Waals surface area contributed by atoms with Crippen LogP contribution in [0.5, 0.6) is 0 Å². The van der Waals surface area contributed by atoms with E-state index in [4.69, 9.17) is 0 Å². The summed E-state index contributed by atoms with van der Waals surface area (Å²) in [6.07, 6.45) is 2.05. The molecule has 0 N–H and O–H groups in total. The van der Waals surface area contributed by atoms with Crippen LogP contribution < -0.4 is 0 Å². The summed E-state index contributed by atoms with van der Waals surface area (Å²) in [5, 5.41) is 0. The van der Waals surface area contributed by atoms with Gasteiger partial charge in [0, 0.05) is 18.5 Å². The summed E-state index contributed by atoms with van der Waals surface area (Å²) in [6.45, 7) is 2.50. The molecule has 16 heavy (non-hydrogen) atoms. The number of benzene rings is 1. The van der Waals surface area contributed by atoms with Crippen molar-refractivity contribution in [1.29, 1.82) is 0 Å². The lowest BCUT2D eigenvalue weighted by Crippen LogP contribution is -2.31. The highest BCUT2D eigenvalue weighted by Crippen LogP contribution is 2.16. The van der Waals surface area contributed by atoms with E-state index < -0.39 is 0 Å². The summed E-state index contributed by atoms with van der Waals surface area (Å²) in [5.41, 5.74) is 1.15. The summed E-state index contributed by atoms with van der Waals surface area (Å²) in [4.78, 5) is 14.5. The molecule has 1 unspecified atom stereocenters. The molecule has 0 saturated heterocycles. The fourth-order valence-electron chi connectivity index (χ4n) is 1.39. The molecule has 0 aromatic heterocycles. The van der Waals surface area contributed by atoms with Crippen LogP contribution in [-0.2, 0) is 11.3 Å². The van der Waals surface area contributed by atoms with Crippen molar-refractivity contribution in [1.82, 2.24) is 4.90 Å². The summed E-state index contributed by atoms with van der Waals surface area (Å²) < 4.78 is 0. The summed E-state index contributed by atoms with van der Waals surface area (Å²) in [7, 11) is 1.82. The normalized spacial score (nSPS) is 12.2. The second-order valence-corrected chi connectivity index (χ2v) is 5.91. The molecule has 0 aliphatic heterocycles. The topological polar surface area (TPSA) is 20.3 Å². The molecule has 1 aromatic carbocycles. The van der Waals surface area contributed by atoms with Crippen LogP contribution in [0.2, 0.25) is 0 Å². The first-order valence-electron chi connectivity index (χ1n) is 5.06. The Labute approximate surface area is 110 Å². The Morgan fingerprint density at radius 2 is 2.00 bits per heavy atom. The highest BCUT2D eigenvalue weighted by molar-refractivity contribution is 9.10. The molecule has 2 nitrogen and oxygen atoms in total. The molecule has 1 amide bonds. The second-order valence-electron chi connectivity index (χ2n) is 3.66. The standard InChI is InChI=1S/C12H16BrNOS/c1-9(13)12(15)14(2)8-10-4-6-11(16-3)7-5-10/h4-7,9H,8H2,1-3H3. The highest BCUT2D eigenvalue weighted by atomic mass is 79.9. The van der Waals surface area contributed by atoms with E-state index in [2.05, 4.69) is 46.5 Å². The first kappa shape index (κ1) is 13.6. The number of hydrogen-bond donors (Lipinski definition) is 0. The monoisotopic (exact) mass is 301 g/mol. The largest absolute Gasteiger partial charge is 0.340 e. The van der Waals surface area contributed by atoms with Gasteiger partial charge in [-0.3, -0.25) is 4.79 Å². The van der Waals surface area contributed by atoms with Crippen molar-refractivity contribution < 1.29 is 4.79 Å². The van der Waals surface area contributed by atoms with E-state index in [0.29, 0.717) is 6.54 Å². The number of carbonyl (C=O) groups is 1. The van der Waals surface area contributed by atoms with Gasteiger partial charge in [-0.2, -0.15) is 0 Å². The van der Waals surface area contributed by atoms with Crippen molar-refractivity contribution in [2.45, 2.75) is 23.2 Å². The van der Waals surface area contributed by atoms with Crippen LogP contribution >= 0.6 is 27.7 Å². The Kier molecular flexibility index (Phi) is 5.35. The third-order valence-corrected chi connectivity index (χ3v) is 3.43. The number of rotatable bonds is 4. The third kappa shape index (κ3) is 3.83. The van der Waals surface area contributed by atoms with E-state index in [1.54, 1.807) is 16.7 Å². The molecule has 88 valence electrons. The van der Waals surface area contributed by atoms with Gasteiger partial charge in [0.1, 0.15) is 0 Å². The van der Waals surface area contributed by atoms with Crippen molar-refractivity contribution >= 4 is 33.6 Å². The molecule has 1 aromatic rings. The molecule has 1 atom stereocenters. The number of amides is 1. The fraction of sp³-hybridized carbons (Fsp3) is 0.417. The lowest BCUT2D eigenvalue weighted by atomic mass is 10.2. The smallest absolute Gasteiger partial charge is 0.236 e. The second kappa shape index (κ2) is 6.30. The van der Waals surface area contributed by atoms with Gasteiger partial charge in [0.05, 0.1) is 4.83 Å². The molecule has 0 saturated carbocycles. The number of hydrogen-bond acceptors (Lipinski definition) is 2. The van der Waals surface area contributed by atoms with Crippen LogP contribution in [0.3, 0.4) is 0 Å². The molecular weight excluding hydrogens is 286 g/mol. The summed E-state index contributed by atoms with van der Waals surface area (Å²) in [6, 6.07) is 8.29. The number of nitrogens with zero attached hydrogens (tertiary/aromatic N) is 1. The van der Waals surface area contributed by atoms with Crippen molar-refractivity contribution in [3.05, 3.63) is 29.8 Å². The first-order valence-corrected chi connectivity index (χ1v) is 7.20. The Hall–Kier alpha value is -0.480. The number of carbonyl (C=O) groups excluding carboxylic acids is 1. The van der Waals surface area contributed by atoms with Gasteiger partial charge in [0.15, 0.2) is 0 Å². The van der Waals surface area contributed by atoms with Crippen LogP contribution in [0.25, 0.3) is 0 Å². The maximum absolute atomic E-state index is 11.6. The minimum absolute atomic E-state index is 0.106. The first-order chi connectivity index (χ1) is 7.54. The Morgan fingerprint density at radius 1 is 1.44 bits per heavy atom. The van der Waals surface area contributed by atoms with E-state index in [1.165, 1.54) is 4.90 Å². The molecule has 0 fully saturated rings. The number of thioether (sulfide) groups is 1. The number of halogens is 1. The minimum atomic E-state index is -0.122. The van der Waals surface area contributed by atoms with Crippen LogP contribution in [0.15, 0.2) is 29.2 Å².